The highest BCUT2D eigenvalue weighted by Gasteiger charge is 2.21. The van der Waals surface area contributed by atoms with E-state index in [2.05, 4.69) is 10.3 Å². The molecule has 0 aliphatic carbocycles. The standard InChI is InChI=1S/C12H18ClN3O2/c1-3-4-12(2,18)7-16-11(17)8-5-10(13)15-6-9(8)14/h5-6,18H,3-4,7,14H2,1-2H3,(H,16,17). The molecule has 0 spiro atoms. The van der Waals surface area contributed by atoms with Crippen LogP contribution in [0.25, 0.3) is 0 Å². The molecule has 1 rings (SSSR count). The normalized spacial score (nSPS) is 14.0. The van der Waals surface area contributed by atoms with Gasteiger partial charge < -0.3 is 16.2 Å². The summed E-state index contributed by atoms with van der Waals surface area (Å²) in [6.45, 7) is 3.82. The summed E-state index contributed by atoms with van der Waals surface area (Å²) in [5.74, 6) is -0.367. The Morgan fingerprint density at radius 3 is 2.94 bits per heavy atom. The van der Waals surface area contributed by atoms with Gasteiger partial charge in [-0.2, -0.15) is 0 Å². The van der Waals surface area contributed by atoms with Crippen LogP contribution in [-0.4, -0.2) is 28.1 Å². The number of carbonyl (C=O) groups is 1. The van der Waals surface area contributed by atoms with Gasteiger partial charge in [0.25, 0.3) is 5.91 Å². The largest absolute Gasteiger partial charge is 0.397 e. The highest BCUT2D eigenvalue weighted by Crippen LogP contribution is 2.15. The van der Waals surface area contributed by atoms with Gasteiger partial charge >= 0.3 is 0 Å². The van der Waals surface area contributed by atoms with Gasteiger partial charge in [-0.3, -0.25) is 4.79 Å². The third-order valence-electron chi connectivity index (χ3n) is 2.56. The van der Waals surface area contributed by atoms with E-state index in [1.54, 1.807) is 6.92 Å². The molecule has 1 atom stereocenters. The van der Waals surface area contributed by atoms with E-state index in [9.17, 15) is 9.90 Å². The molecule has 1 amide bonds. The van der Waals surface area contributed by atoms with E-state index < -0.39 is 5.60 Å². The molecule has 1 aromatic rings. The lowest BCUT2D eigenvalue weighted by atomic mass is 10.0. The highest BCUT2D eigenvalue weighted by atomic mass is 35.5. The van der Waals surface area contributed by atoms with Gasteiger partial charge in [-0.05, 0) is 19.4 Å². The Morgan fingerprint density at radius 1 is 1.67 bits per heavy atom. The topological polar surface area (TPSA) is 88.2 Å². The first kappa shape index (κ1) is 14.7. The van der Waals surface area contributed by atoms with Crippen LogP contribution in [0.15, 0.2) is 12.3 Å². The van der Waals surface area contributed by atoms with Gasteiger partial charge in [0.05, 0.1) is 23.0 Å². The monoisotopic (exact) mass is 271 g/mol. The minimum absolute atomic E-state index is 0.166. The molecule has 0 saturated carbocycles. The highest BCUT2D eigenvalue weighted by molar-refractivity contribution is 6.29. The number of hydrogen-bond donors (Lipinski definition) is 3. The van der Waals surface area contributed by atoms with E-state index in [1.807, 2.05) is 6.92 Å². The van der Waals surface area contributed by atoms with E-state index in [-0.39, 0.29) is 28.9 Å². The Bertz CT molecular complexity index is 435. The smallest absolute Gasteiger partial charge is 0.253 e. The molecule has 0 radical (unpaired) electrons. The molecule has 1 unspecified atom stereocenters. The van der Waals surface area contributed by atoms with Crippen molar-refractivity contribution in [3.05, 3.63) is 23.0 Å². The molecule has 6 heteroatoms. The third-order valence-corrected chi connectivity index (χ3v) is 2.77. The predicted molar refractivity (Wildman–Crippen MR) is 71.5 cm³/mol. The molecule has 1 aromatic heterocycles. The zero-order chi connectivity index (χ0) is 13.8. The van der Waals surface area contributed by atoms with Crippen molar-refractivity contribution in [2.24, 2.45) is 0 Å². The van der Waals surface area contributed by atoms with E-state index in [4.69, 9.17) is 17.3 Å². The van der Waals surface area contributed by atoms with Gasteiger partial charge in [0.1, 0.15) is 5.15 Å². The van der Waals surface area contributed by atoms with Crippen LogP contribution < -0.4 is 11.1 Å². The van der Waals surface area contributed by atoms with E-state index in [1.165, 1.54) is 12.3 Å². The summed E-state index contributed by atoms with van der Waals surface area (Å²) in [5, 5.41) is 12.8. The number of hydrogen-bond acceptors (Lipinski definition) is 4. The number of carbonyl (C=O) groups excluding carboxylic acids is 1. The lowest BCUT2D eigenvalue weighted by Gasteiger charge is -2.23. The summed E-state index contributed by atoms with van der Waals surface area (Å²) in [6.07, 6.45) is 2.79. The van der Waals surface area contributed by atoms with Crippen molar-refractivity contribution in [3.63, 3.8) is 0 Å². The number of nitrogens with zero attached hydrogens (tertiary/aromatic N) is 1. The average Bonchev–Trinajstić information content (AvgIpc) is 2.29. The Hall–Kier alpha value is -1.33. The fraction of sp³-hybridized carbons (Fsp3) is 0.500. The van der Waals surface area contributed by atoms with Crippen molar-refractivity contribution in [1.29, 1.82) is 0 Å². The molecular weight excluding hydrogens is 254 g/mol. The Kier molecular flexibility index (Phi) is 4.93. The molecule has 0 bridgehead atoms. The van der Waals surface area contributed by atoms with E-state index in [0.717, 1.165) is 6.42 Å². The molecule has 1 heterocycles. The minimum atomic E-state index is -0.921. The molecule has 0 aliphatic heterocycles. The fourth-order valence-corrected chi connectivity index (χ4v) is 1.79. The number of nitrogens with one attached hydrogen (secondary N) is 1. The molecular formula is C12H18ClN3O2. The summed E-state index contributed by atoms with van der Waals surface area (Å²) in [4.78, 5) is 15.7. The van der Waals surface area contributed by atoms with Crippen LogP contribution >= 0.6 is 11.6 Å². The molecule has 0 aliphatic rings. The predicted octanol–water partition coefficient (Wildman–Crippen LogP) is 1.60. The zero-order valence-electron chi connectivity index (χ0n) is 10.5. The second-order valence-electron chi connectivity index (χ2n) is 4.52. The molecule has 5 nitrogen and oxygen atoms in total. The first-order chi connectivity index (χ1) is 8.35. The van der Waals surface area contributed by atoms with Crippen molar-refractivity contribution in [2.45, 2.75) is 32.3 Å². The lowest BCUT2D eigenvalue weighted by molar-refractivity contribution is 0.0470. The second kappa shape index (κ2) is 6.02. The summed E-state index contributed by atoms with van der Waals surface area (Å²) in [5.41, 5.74) is 5.25. The maximum Gasteiger partial charge on any atom is 0.253 e. The summed E-state index contributed by atoms with van der Waals surface area (Å²) < 4.78 is 0. The maximum atomic E-state index is 11.9. The number of aromatic nitrogens is 1. The Balaban J connectivity index is 2.69. The van der Waals surface area contributed by atoms with Gasteiger partial charge in [-0.25, -0.2) is 4.98 Å². The first-order valence-electron chi connectivity index (χ1n) is 5.77. The average molecular weight is 272 g/mol. The molecule has 4 N–H and O–H groups in total. The van der Waals surface area contributed by atoms with Crippen molar-refractivity contribution in [1.82, 2.24) is 10.3 Å². The molecule has 18 heavy (non-hydrogen) atoms. The quantitative estimate of drug-likeness (QED) is 0.710. The van der Waals surface area contributed by atoms with Gasteiger partial charge in [-0.15, -0.1) is 0 Å². The number of anilines is 1. The van der Waals surface area contributed by atoms with Crippen LogP contribution in [-0.2, 0) is 0 Å². The number of pyridine rings is 1. The summed E-state index contributed by atoms with van der Waals surface area (Å²) >= 11 is 5.70. The van der Waals surface area contributed by atoms with Crippen LogP contribution in [0.4, 0.5) is 5.69 Å². The number of halogens is 1. The minimum Gasteiger partial charge on any atom is -0.397 e. The van der Waals surface area contributed by atoms with Gasteiger partial charge in [0, 0.05) is 6.54 Å². The molecule has 0 saturated heterocycles. The number of nitrogen functional groups attached to an aromatic ring is 1. The van der Waals surface area contributed by atoms with Crippen molar-refractivity contribution < 1.29 is 9.90 Å². The maximum absolute atomic E-state index is 11.9. The van der Waals surface area contributed by atoms with E-state index >= 15 is 0 Å². The lowest BCUT2D eigenvalue weighted by Crippen LogP contribution is -2.40. The van der Waals surface area contributed by atoms with E-state index in [0.29, 0.717) is 6.42 Å². The first-order valence-corrected chi connectivity index (χ1v) is 6.15. The van der Waals surface area contributed by atoms with Gasteiger partial charge in [0.15, 0.2) is 0 Å². The van der Waals surface area contributed by atoms with Crippen LogP contribution in [0, 0.1) is 0 Å². The number of nitrogens with two attached hydrogens (primary N) is 1. The van der Waals surface area contributed by atoms with Crippen molar-refractivity contribution in [2.75, 3.05) is 12.3 Å². The van der Waals surface area contributed by atoms with Crippen LogP contribution in [0.3, 0.4) is 0 Å². The molecule has 0 aromatic carbocycles. The van der Waals surface area contributed by atoms with Crippen molar-refractivity contribution in [3.8, 4) is 0 Å². The summed E-state index contributed by atoms with van der Waals surface area (Å²) in [6, 6.07) is 1.40. The number of amides is 1. The summed E-state index contributed by atoms with van der Waals surface area (Å²) in [7, 11) is 0. The third kappa shape index (κ3) is 4.16. The Labute approximate surface area is 111 Å². The zero-order valence-corrected chi connectivity index (χ0v) is 11.3. The molecule has 0 fully saturated rings. The number of aliphatic hydroxyl groups is 1. The Morgan fingerprint density at radius 2 is 2.33 bits per heavy atom. The second-order valence-corrected chi connectivity index (χ2v) is 4.91. The van der Waals surface area contributed by atoms with Crippen LogP contribution in [0.5, 0.6) is 0 Å². The SMILES string of the molecule is CCCC(C)(O)CNC(=O)c1cc(Cl)ncc1N. The van der Waals surface area contributed by atoms with Crippen LogP contribution in [0.2, 0.25) is 5.15 Å². The fourth-order valence-electron chi connectivity index (χ4n) is 1.63. The van der Waals surface area contributed by atoms with Crippen LogP contribution in [0.1, 0.15) is 37.0 Å². The van der Waals surface area contributed by atoms with Gasteiger partial charge in [-0.1, -0.05) is 24.9 Å². The van der Waals surface area contributed by atoms with Gasteiger partial charge in [0.2, 0.25) is 0 Å². The van der Waals surface area contributed by atoms with Crippen molar-refractivity contribution >= 4 is 23.2 Å². The molecule has 100 valence electrons. The number of rotatable bonds is 5.